The Hall–Kier alpha value is -3.97. The summed E-state index contributed by atoms with van der Waals surface area (Å²) in [4.78, 5) is 22.8. The van der Waals surface area contributed by atoms with Gasteiger partial charge in [-0.05, 0) is 40.5 Å². The lowest BCUT2D eigenvalue weighted by molar-refractivity contribution is -0.138. The van der Waals surface area contributed by atoms with Crippen molar-refractivity contribution in [3.8, 4) is 5.75 Å². The van der Waals surface area contributed by atoms with Crippen molar-refractivity contribution >= 4 is 45.9 Å². The molecule has 0 saturated heterocycles. The maximum absolute atomic E-state index is 11.9. The number of hydrogen-bond acceptors (Lipinski definition) is 5. The molecule has 3 rings (SSSR count). The van der Waals surface area contributed by atoms with Gasteiger partial charge in [0.1, 0.15) is 11.5 Å². The van der Waals surface area contributed by atoms with Gasteiger partial charge in [0.05, 0.1) is 18.4 Å². The molecule has 0 aliphatic heterocycles. The lowest BCUT2D eigenvalue weighted by Gasteiger charge is -2.06. The van der Waals surface area contributed by atoms with Gasteiger partial charge in [0.25, 0.3) is 0 Å². The van der Waals surface area contributed by atoms with Crippen LogP contribution in [0.1, 0.15) is 40.7 Å². The molecular formula is C29H28O6S. The topological polar surface area (TPSA) is 97.7 Å². The summed E-state index contributed by atoms with van der Waals surface area (Å²) in [5, 5.41) is 8.69. The van der Waals surface area contributed by atoms with E-state index in [1.807, 2.05) is 66.8 Å². The number of carbonyl (C=O) groups is 2. The van der Waals surface area contributed by atoms with Crippen LogP contribution in [0.15, 0.2) is 71.6 Å². The van der Waals surface area contributed by atoms with Gasteiger partial charge in [-0.3, -0.25) is 9.59 Å². The van der Waals surface area contributed by atoms with Crippen LogP contribution in [-0.4, -0.2) is 38.6 Å². The van der Waals surface area contributed by atoms with Crippen LogP contribution in [0.25, 0.3) is 24.3 Å². The third-order valence-corrected chi connectivity index (χ3v) is 6.62. The number of aliphatic carboxylic acids is 1. The van der Waals surface area contributed by atoms with Crippen molar-refractivity contribution in [3.05, 3.63) is 94.5 Å². The second kappa shape index (κ2) is 12.1. The van der Waals surface area contributed by atoms with Crippen LogP contribution in [0.3, 0.4) is 0 Å². The number of carboxylic acid groups (broad SMARTS) is 1. The minimum atomic E-state index is -3.22. The number of carbonyl (C=O) groups excluding carboxylic acids is 1. The number of hydrogen-bond donors (Lipinski definition) is 1. The Morgan fingerprint density at radius 3 is 1.94 bits per heavy atom. The Kier molecular flexibility index (Phi) is 8.97. The fraction of sp³-hybridized carbons (Fsp3) is 0.172. The van der Waals surface area contributed by atoms with E-state index < -0.39 is 15.8 Å². The van der Waals surface area contributed by atoms with Crippen molar-refractivity contribution in [3.63, 3.8) is 0 Å². The molecule has 36 heavy (non-hydrogen) atoms. The van der Waals surface area contributed by atoms with Gasteiger partial charge in [-0.25, -0.2) is 8.42 Å². The highest BCUT2D eigenvalue weighted by molar-refractivity contribution is 7.90. The minimum absolute atomic E-state index is 0.0391. The molecule has 6 nitrogen and oxygen atoms in total. The number of benzene rings is 3. The SMILES string of the molecule is COc1cc(/C=C/c2ccc(S(C)(=O)=O)cc2)ccc1/C=C/c1ccc(CC(=O)CCC(=O)O)cc1. The molecule has 7 heteroatoms. The first-order valence-electron chi connectivity index (χ1n) is 11.3. The van der Waals surface area contributed by atoms with Crippen molar-refractivity contribution in [2.24, 2.45) is 0 Å². The van der Waals surface area contributed by atoms with Crippen molar-refractivity contribution < 1.29 is 27.9 Å². The number of rotatable bonds is 11. The lowest BCUT2D eigenvalue weighted by Crippen LogP contribution is -2.06. The van der Waals surface area contributed by atoms with Gasteiger partial charge in [0.2, 0.25) is 0 Å². The summed E-state index contributed by atoms with van der Waals surface area (Å²) in [7, 11) is -1.61. The molecule has 0 aliphatic rings. The molecule has 0 aromatic heterocycles. The Morgan fingerprint density at radius 2 is 1.36 bits per heavy atom. The van der Waals surface area contributed by atoms with Crippen molar-refractivity contribution in [2.75, 3.05) is 13.4 Å². The van der Waals surface area contributed by atoms with E-state index in [9.17, 15) is 18.0 Å². The van der Waals surface area contributed by atoms with E-state index in [0.29, 0.717) is 5.75 Å². The molecule has 0 heterocycles. The molecule has 0 saturated carbocycles. The molecule has 0 atom stereocenters. The average molecular weight is 505 g/mol. The Bertz CT molecular complexity index is 1380. The van der Waals surface area contributed by atoms with Gasteiger partial charge in [-0.15, -0.1) is 0 Å². The van der Waals surface area contributed by atoms with Crippen LogP contribution in [0, 0.1) is 0 Å². The maximum Gasteiger partial charge on any atom is 0.303 e. The summed E-state index contributed by atoms with van der Waals surface area (Å²) in [6, 6.07) is 20.1. The van der Waals surface area contributed by atoms with E-state index in [4.69, 9.17) is 9.84 Å². The highest BCUT2D eigenvalue weighted by Crippen LogP contribution is 2.24. The van der Waals surface area contributed by atoms with Crippen LogP contribution in [0.5, 0.6) is 5.75 Å². The van der Waals surface area contributed by atoms with Crippen LogP contribution >= 0.6 is 0 Å². The molecular weight excluding hydrogens is 476 g/mol. The van der Waals surface area contributed by atoms with E-state index in [-0.39, 0.29) is 29.9 Å². The first kappa shape index (κ1) is 26.6. The molecule has 3 aromatic rings. The molecule has 0 radical (unpaired) electrons. The summed E-state index contributed by atoms with van der Waals surface area (Å²) >= 11 is 0. The minimum Gasteiger partial charge on any atom is -0.496 e. The quantitative estimate of drug-likeness (QED) is 0.351. The van der Waals surface area contributed by atoms with E-state index in [1.165, 1.54) is 6.26 Å². The van der Waals surface area contributed by atoms with Gasteiger partial charge in [0, 0.05) is 24.7 Å². The summed E-state index contributed by atoms with van der Waals surface area (Å²) in [5.41, 5.74) is 4.54. The van der Waals surface area contributed by atoms with E-state index >= 15 is 0 Å². The summed E-state index contributed by atoms with van der Waals surface area (Å²) < 4.78 is 28.7. The van der Waals surface area contributed by atoms with Gasteiger partial charge in [-0.2, -0.15) is 0 Å². The number of methoxy groups -OCH3 is 1. The standard InChI is InChI=1S/C29H28O6S/c1-35-28-20-24(8-5-22-11-16-27(17-12-22)36(2,33)34)10-14-25(28)13-9-21-3-6-23(7-4-21)19-26(30)15-18-29(31)32/h3-14,16-17,20H,15,18-19H2,1-2H3,(H,31,32)/b8-5+,13-9+. The second-order valence-electron chi connectivity index (χ2n) is 8.36. The first-order valence-corrected chi connectivity index (χ1v) is 13.2. The molecule has 0 unspecified atom stereocenters. The fourth-order valence-electron chi connectivity index (χ4n) is 3.48. The van der Waals surface area contributed by atoms with Crippen molar-refractivity contribution in [2.45, 2.75) is 24.2 Å². The third kappa shape index (κ3) is 8.06. The Balaban J connectivity index is 1.65. The maximum atomic E-state index is 11.9. The molecule has 0 aliphatic carbocycles. The van der Waals surface area contributed by atoms with E-state index in [1.54, 1.807) is 31.4 Å². The Morgan fingerprint density at radius 1 is 0.806 bits per heavy atom. The van der Waals surface area contributed by atoms with Gasteiger partial charge >= 0.3 is 5.97 Å². The van der Waals surface area contributed by atoms with Crippen molar-refractivity contribution in [1.82, 2.24) is 0 Å². The third-order valence-electron chi connectivity index (χ3n) is 5.49. The molecule has 0 bridgehead atoms. The van der Waals surface area contributed by atoms with Crippen LogP contribution < -0.4 is 4.74 Å². The number of ether oxygens (including phenoxy) is 1. The molecule has 1 N–H and O–H groups in total. The zero-order valence-electron chi connectivity index (χ0n) is 20.2. The van der Waals surface area contributed by atoms with E-state index in [2.05, 4.69) is 0 Å². The number of Topliss-reactive ketones (excluding diaryl/α,β-unsaturated/α-hetero) is 1. The highest BCUT2D eigenvalue weighted by atomic mass is 32.2. The Labute approximate surface area is 211 Å². The predicted octanol–water partition coefficient (Wildman–Crippen LogP) is 5.42. The van der Waals surface area contributed by atoms with Crippen LogP contribution in [0.4, 0.5) is 0 Å². The number of sulfone groups is 1. The van der Waals surface area contributed by atoms with Crippen LogP contribution in [0.2, 0.25) is 0 Å². The zero-order chi connectivity index (χ0) is 26.1. The lowest BCUT2D eigenvalue weighted by atomic mass is 10.0. The normalized spacial score (nSPS) is 11.7. The number of carboxylic acids is 1. The summed E-state index contributed by atoms with van der Waals surface area (Å²) in [5.74, 6) is -0.350. The average Bonchev–Trinajstić information content (AvgIpc) is 2.85. The zero-order valence-corrected chi connectivity index (χ0v) is 21.0. The largest absolute Gasteiger partial charge is 0.496 e. The predicted molar refractivity (Wildman–Crippen MR) is 142 cm³/mol. The van der Waals surface area contributed by atoms with Crippen molar-refractivity contribution in [1.29, 1.82) is 0 Å². The summed E-state index contributed by atoms with van der Waals surface area (Å²) in [6.45, 7) is 0. The number of ketones is 1. The van der Waals surface area contributed by atoms with Gasteiger partial charge < -0.3 is 9.84 Å². The van der Waals surface area contributed by atoms with Gasteiger partial charge in [-0.1, -0.05) is 72.8 Å². The first-order chi connectivity index (χ1) is 17.1. The fourth-order valence-corrected chi connectivity index (χ4v) is 4.11. The molecule has 0 fully saturated rings. The molecule has 0 spiro atoms. The highest BCUT2D eigenvalue weighted by Gasteiger charge is 2.07. The monoisotopic (exact) mass is 504 g/mol. The molecule has 3 aromatic carbocycles. The van der Waals surface area contributed by atoms with Gasteiger partial charge in [0.15, 0.2) is 9.84 Å². The van der Waals surface area contributed by atoms with Crippen LogP contribution in [-0.2, 0) is 25.8 Å². The molecule has 0 amide bonds. The second-order valence-corrected chi connectivity index (χ2v) is 10.4. The summed E-state index contributed by atoms with van der Waals surface area (Å²) in [6.07, 6.45) is 9.04. The molecule has 186 valence electrons. The van der Waals surface area contributed by atoms with E-state index in [0.717, 1.165) is 27.8 Å². The smallest absolute Gasteiger partial charge is 0.303 e.